The number of alkyl halides is 3. The smallest absolute Gasteiger partial charge is 0.391 e. The summed E-state index contributed by atoms with van der Waals surface area (Å²) in [6.07, 6.45) is -2.21. The summed E-state index contributed by atoms with van der Waals surface area (Å²) in [4.78, 5) is 16.2. The molecule has 2 aliphatic heterocycles. The molecule has 2 heterocycles. The minimum Gasteiger partial charge on any atom is -0.391 e. The Hall–Kier alpha value is -2.58. The molecule has 0 bridgehead atoms. The average molecular weight is 504 g/mol. The van der Waals surface area contributed by atoms with Crippen LogP contribution in [-0.4, -0.2) is 72.4 Å². The minimum absolute atomic E-state index is 0.0486. The standard InChI is InChI=1S/C28H36F3N3O2/c1-27(2,28(29,30)31)19-33-14-11-20(12-15-33)17-32-24-9-7-22(8-10-24)21-3-5-23(6-4-21)26(36)34-16-13-25(35)18-34/h3-10,20,25,32,35H,11-19H2,1-2H3. The van der Waals surface area contributed by atoms with Crippen molar-refractivity contribution in [3.05, 3.63) is 54.1 Å². The Morgan fingerprint density at radius 2 is 1.53 bits per heavy atom. The molecule has 8 heteroatoms. The molecule has 1 amide bonds. The maximum Gasteiger partial charge on any atom is 0.395 e. The summed E-state index contributed by atoms with van der Waals surface area (Å²) in [5, 5.41) is 13.1. The van der Waals surface area contributed by atoms with E-state index in [1.54, 1.807) is 4.90 Å². The quantitative estimate of drug-likeness (QED) is 0.540. The summed E-state index contributed by atoms with van der Waals surface area (Å²) in [6.45, 7) is 5.78. The van der Waals surface area contributed by atoms with Gasteiger partial charge in [-0.15, -0.1) is 0 Å². The van der Waals surface area contributed by atoms with Crippen molar-refractivity contribution in [1.29, 1.82) is 0 Å². The van der Waals surface area contributed by atoms with E-state index in [0.717, 1.165) is 36.2 Å². The fourth-order valence-electron chi connectivity index (χ4n) is 4.95. The van der Waals surface area contributed by atoms with Crippen molar-refractivity contribution in [2.24, 2.45) is 11.3 Å². The zero-order valence-electron chi connectivity index (χ0n) is 21.0. The van der Waals surface area contributed by atoms with E-state index in [-0.39, 0.29) is 12.5 Å². The highest BCUT2D eigenvalue weighted by Gasteiger charge is 2.48. The third kappa shape index (κ3) is 6.40. The van der Waals surface area contributed by atoms with Gasteiger partial charge < -0.3 is 20.2 Å². The number of halogens is 3. The van der Waals surface area contributed by atoms with Gasteiger partial charge in [0.2, 0.25) is 0 Å². The monoisotopic (exact) mass is 503 g/mol. The lowest BCUT2D eigenvalue weighted by Gasteiger charge is -2.38. The Morgan fingerprint density at radius 1 is 0.944 bits per heavy atom. The summed E-state index contributed by atoms with van der Waals surface area (Å²) in [5.41, 5.74) is 2.02. The molecule has 2 fully saturated rings. The van der Waals surface area contributed by atoms with Crippen LogP contribution in [-0.2, 0) is 0 Å². The van der Waals surface area contributed by atoms with Gasteiger partial charge in [-0.05, 0) is 87.5 Å². The van der Waals surface area contributed by atoms with Gasteiger partial charge in [0, 0.05) is 37.4 Å². The topological polar surface area (TPSA) is 55.8 Å². The number of carbonyl (C=O) groups is 1. The van der Waals surface area contributed by atoms with Gasteiger partial charge in [0.15, 0.2) is 0 Å². The molecule has 196 valence electrons. The van der Waals surface area contributed by atoms with Gasteiger partial charge in [-0.3, -0.25) is 4.79 Å². The maximum absolute atomic E-state index is 13.2. The first kappa shape index (κ1) is 26.5. The molecule has 0 radical (unpaired) electrons. The average Bonchev–Trinajstić information content (AvgIpc) is 3.29. The summed E-state index contributed by atoms with van der Waals surface area (Å²) in [7, 11) is 0. The van der Waals surface area contributed by atoms with Crippen LogP contribution < -0.4 is 5.32 Å². The lowest BCUT2D eigenvalue weighted by molar-refractivity contribution is -0.217. The van der Waals surface area contributed by atoms with Crippen LogP contribution in [0.4, 0.5) is 18.9 Å². The van der Waals surface area contributed by atoms with Gasteiger partial charge in [-0.25, -0.2) is 0 Å². The summed E-state index contributed by atoms with van der Waals surface area (Å²) >= 11 is 0. The molecule has 0 aromatic heterocycles. The predicted molar refractivity (Wildman–Crippen MR) is 136 cm³/mol. The van der Waals surface area contributed by atoms with E-state index in [1.807, 2.05) is 53.4 Å². The van der Waals surface area contributed by atoms with Crippen LogP contribution >= 0.6 is 0 Å². The number of hydrogen-bond donors (Lipinski definition) is 2. The number of aliphatic hydroxyl groups is 1. The Balaban J connectivity index is 1.24. The van der Waals surface area contributed by atoms with Crippen LogP contribution in [0.3, 0.4) is 0 Å². The summed E-state index contributed by atoms with van der Waals surface area (Å²) in [5.74, 6) is 0.393. The molecule has 2 aromatic carbocycles. The molecule has 2 saturated heterocycles. The molecule has 1 atom stereocenters. The van der Waals surface area contributed by atoms with Gasteiger partial charge in [0.25, 0.3) is 5.91 Å². The number of β-amino-alcohol motifs (C(OH)–C–C–N with tert-alkyl or cyclic N) is 1. The van der Waals surface area contributed by atoms with E-state index in [9.17, 15) is 23.1 Å². The predicted octanol–water partition coefficient (Wildman–Crippen LogP) is 5.27. The molecule has 1 unspecified atom stereocenters. The van der Waals surface area contributed by atoms with Gasteiger partial charge in [0.05, 0.1) is 11.5 Å². The number of nitrogens with one attached hydrogen (secondary N) is 1. The summed E-state index contributed by atoms with van der Waals surface area (Å²) < 4.78 is 39.5. The van der Waals surface area contributed by atoms with Crippen molar-refractivity contribution >= 4 is 11.6 Å². The van der Waals surface area contributed by atoms with Crippen LogP contribution in [0.5, 0.6) is 0 Å². The first-order valence-corrected chi connectivity index (χ1v) is 12.7. The number of anilines is 1. The number of benzene rings is 2. The highest BCUT2D eigenvalue weighted by Crippen LogP contribution is 2.38. The van der Waals surface area contributed by atoms with Crippen LogP contribution in [0.25, 0.3) is 11.1 Å². The van der Waals surface area contributed by atoms with E-state index in [1.165, 1.54) is 13.8 Å². The molecule has 0 spiro atoms. The highest BCUT2D eigenvalue weighted by molar-refractivity contribution is 5.95. The fourth-order valence-corrected chi connectivity index (χ4v) is 4.95. The van der Waals surface area contributed by atoms with Crippen LogP contribution in [0, 0.1) is 11.3 Å². The second kappa shape index (κ2) is 10.8. The zero-order valence-corrected chi connectivity index (χ0v) is 21.0. The molecule has 2 aliphatic rings. The maximum atomic E-state index is 13.2. The Bertz CT molecular complexity index is 1010. The Morgan fingerprint density at radius 3 is 2.06 bits per heavy atom. The normalized spacial score (nSPS) is 20.1. The fraction of sp³-hybridized carbons (Fsp3) is 0.536. The van der Waals surface area contributed by atoms with Gasteiger partial charge in [0.1, 0.15) is 0 Å². The van der Waals surface area contributed by atoms with Crippen molar-refractivity contribution in [3.63, 3.8) is 0 Å². The molecule has 0 aliphatic carbocycles. The van der Waals surface area contributed by atoms with E-state index in [0.29, 0.717) is 44.1 Å². The van der Waals surface area contributed by atoms with Crippen molar-refractivity contribution in [1.82, 2.24) is 9.80 Å². The molecule has 2 aromatic rings. The van der Waals surface area contributed by atoms with E-state index >= 15 is 0 Å². The second-order valence-corrected chi connectivity index (χ2v) is 10.8. The van der Waals surface area contributed by atoms with Gasteiger partial charge >= 0.3 is 6.18 Å². The Labute approximate surface area is 211 Å². The second-order valence-electron chi connectivity index (χ2n) is 10.8. The van der Waals surface area contributed by atoms with Crippen molar-refractivity contribution < 1.29 is 23.1 Å². The largest absolute Gasteiger partial charge is 0.395 e. The number of piperidine rings is 1. The van der Waals surface area contributed by atoms with Crippen LogP contribution in [0.2, 0.25) is 0 Å². The number of aliphatic hydroxyl groups excluding tert-OH is 1. The van der Waals surface area contributed by atoms with E-state index < -0.39 is 17.7 Å². The molecular weight excluding hydrogens is 467 g/mol. The van der Waals surface area contributed by atoms with Gasteiger partial charge in [-0.1, -0.05) is 24.3 Å². The number of hydrogen-bond acceptors (Lipinski definition) is 4. The molecule has 2 N–H and O–H groups in total. The number of amides is 1. The lowest BCUT2D eigenvalue weighted by atomic mass is 9.89. The molecule has 5 nitrogen and oxygen atoms in total. The van der Waals surface area contributed by atoms with Gasteiger partial charge in [-0.2, -0.15) is 13.2 Å². The van der Waals surface area contributed by atoms with Crippen LogP contribution in [0.15, 0.2) is 48.5 Å². The number of likely N-dealkylation sites (tertiary alicyclic amines) is 2. The molecule has 4 rings (SSSR count). The van der Waals surface area contributed by atoms with E-state index in [2.05, 4.69) is 5.32 Å². The van der Waals surface area contributed by atoms with Crippen molar-refractivity contribution in [3.8, 4) is 11.1 Å². The first-order chi connectivity index (χ1) is 17.0. The number of carbonyl (C=O) groups excluding carboxylic acids is 1. The molecule has 0 saturated carbocycles. The minimum atomic E-state index is -4.19. The van der Waals surface area contributed by atoms with Crippen molar-refractivity contribution in [2.75, 3.05) is 44.6 Å². The SMILES string of the molecule is CC(C)(CN1CCC(CNc2ccc(-c3ccc(C(=O)N4CCC(O)C4)cc3)cc2)CC1)C(F)(F)F. The van der Waals surface area contributed by atoms with E-state index in [4.69, 9.17) is 0 Å². The zero-order chi connectivity index (χ0) is 25.9. The molecule has 36 heavy (non-hydrogen) atoms. The summed E-state index contributed by atoms with van der Waals surface area (Å²) in [6, 6.07) is 15.7. The van der Waals surface area contributed by atoms with Crippen LogP contribution in [0.1, 0.15) is 43.5 Å². The van der Waals surface area contributed by atoms with Crippen molar-refractivity contribution in [2.45, 2.75) is 45.4 Å². The third-order valence-corrected chi connectivity index (χ3v) is 7.49. The first-order valence-electron chi connectivity index (χ1n) is 12.7. The third-order valence-electron chi connectivity index (χ3n) is 7.49. The number of rotatable bonds is 7. The number of nitrogens with zero attached hydrogens (tertiary/aromatic N) is 2. The Kier molecular flexibility index (Phi) is 7.95. The lowest BCUT2D eigenvalue weighted by Crippen LogP contribution is -2.46. The molecular formula is C28H36F3N3O2. The highest BCUT2D eigenvalue weighted by atomic mass is 19.4.